The van der Waals surface area contributed by atoms with E-state index in [4.69, 9.17) is 5.11 Å². The summed E-state index contributed by atoms with van der Waals surface area (Å²) in [4.78, 5) is 0.712. The molecule has 2 N–H and O–H groups in total. The molecule has 16 heavy (non-hydrogen) atoms. The molecule has 1 heterocycles. The summed E-state index contributed by atoms with van der Waals surface area (Å²) in [6, 6.07) is 1.54. The fourth-order valence-corrected chi connectivity index (χ4v) is 4.63. The average molecular weight is 261 g/mol. The molecule has 0 saturated heterocycles. The van der Waals surface area contributed by atoms with Crippen molar-refractivity contribution in [1.82, 2.24) is 4.72 Å². The average Bonchev–Trinajstić information content (AvgIpc) is 2.63. The van der Waals surface area contributed by atoms with E-state index < -0.39 is 10.0 Å². The molecule has 1 aliphatic carbocycles. The van der Waals surface area contributed by atoms with Crippen LogP contribution in [-0.2, 0) is 16.6 Å². The van der Waals surface area contributed by atoms with Crippen molar-refractivity contribution >= 4 is 21.4 Å². The Hall–Kier alpha value is -0.430. The number of aliphatic hydroxyl groups excluding tert-OH is 1. The first-order chi connectivity index (χ1) is 7.47. The summed E-state index contributed by atoms with van der Waals surface area (Å²) in [6.45, 7) is 1.68. The van der Waals surface area contributed by atoms with E-state index in [9.17, 15) is 8.42 Å². The van der Waals surface area contributed by atoms with Gasteiger partial charge in [-0.05, 0) is 37.6 Å². The lowest BCUT2D eigenvalue weighted by molar-refractivity contribution is 0.247. The van der Waals surface area contributed by atoms with E-state index in [1.807, 2.05) is 6.92 Å². The second-order valence-electron chi connectivity index (χ2n) is 4.39. The molecule has 2 rings (SSSR count). The molecule has 6 heteroatoms. The number of rotatable bonds is 4. The number of sulfonamides is 1. The summed E-state index contributed by atoms with van der Waals surface area (Å²) in [5, 5.41) is 10.7. The Morgan fingerprint density at radius 1 is 1.56 bits per heavy atom. The van der Waals surface area contributed by atoms with Crippen molar-refractivity contribution < 1.29 is 13.5 Å². The molecule has 1 aromatic heterocycles. The summed E-state index contributed by atoms with van der Waals surface area (Å²) in [6.07, 6.45) is 2.82. The van der Waals surface area contributed by atoms with E-state index in [1.54, 1.807) is 11.4 Å². The van der Waals surface area contributed by atoms with Crippen LogP contribution in [0.3, 0.4) is 0 Å². The lowest BCUT2D eigenvalue weighted by atomic mass is 9.80. The highest BCUT2D eigenvalue weighted by molar-refractivity contribution is 7.89. The van der Waals surface area contributed by atoms with Gasteiger partial charge in [-0.2, -0.15) is 0 Å². The van der Waals surface area contributed by atoms with Gasteiger partial charge in [-0.1, -0.05) is 0 Å². The van der Waals surface area contributed by atoms with E-state index in [0.29, 0.717) is 4.88 Å². The Balaban J connectivity index is 2.25. The molecule has 1 aliphatic rings. The van der Waals surface area contributed by atoms with Crippen molar-refractivity contribution in [3.8, 4) is 0 Å². The van der Waals surface area contributed by atoms with Crippen molar-refractivity contribution in [2.75, 3.05) is 0 Å². The van der Waals surface area contributed by atoms with Gasteiger partial charge in [0.05, 0.1) is 11.5 Å². The van der Waals surface area contributed by atoms with Crippen molar-refractivity contribution in [3.63, 3.8) is 0 Å². The van der Waals surface area contributed by atoms with Gasteiger partial charge >= 0.3 is 0 Å². The Bertz CT molecular complexity index is 474. The molecule has 1 saturated carbocycles. The van der Waals surface area contributed by atoms with E-state index in [-0.39, 0.29) is 17.0 Å². The maximum atomic E-state index is 12.1. The zero-order valence-corrected chi connectivity index (χ0v) is 10.7. The Labute approximate surface area is 99.4 Å². The fourth-order valence-electron chi connectivity index (χ4n) is 1.87. The first kappa shape index (κ1) is 12.0. The quantitative estimate of drug-likeness (QED) is 0.862. The molecule has 90 valence electrons. The van der Waals surface area contributed by atoms with Gasteiger partial charge < -0.3 is 5.11 Å². The topological polar surface area (TPSA) is 66.4 Å². The third kappa shape index (κ3) is 2.15. The van der Waals surface area contributed by atoms with Gasteiger partial charge in [0.2, 0.25) is 10.0 Å². The molecular formula is C10H15NO3S2. The molecule has 0 atom stereocenters. The standard InChI is InChI=1S/C10H15NO3S2/c1-10(4-2-5-10)11-16(13,14)9-3-6-15-8(9)7-12/h3,6,11-12H,2,4-5,7H2,1H3. The van der Waals surface area contributed by atoms with Crippen LogP contribution in [0, 0.1) is 0 Å². The smallest absolute Gasteiger partial charge is 0.242 e. The minimum Gasteiger partial charge on any atom is -0.391 e. The second kappa shape index (κ2) is 4.10. The lowest BCUT2D eigenvalue weighted by Gasteiger charge is -2.38. The van der Waals surface area contributed by atoms with Crippen LogP contribution in [0.4, 0.5) is 0 Å². The highest BCUT2D eigenvalue weighted by Crippen LogP contribution is 2.33. The molecule has 0 radical (unpaired) electrons. The maximum Gasteiger partial charge on any atom is 0.242 e. The first-order valence-corrected chi connectivity index (χ1v) is 7.54. The molecule has 0 aromatic carbocycles. The summed E-state index contributed by atoms with van der Waals surface area (Å²) >= 11 is 1.26. The van der Waals surface area contributed by atoms with E-state index in [1.165, 1.54) is 11.3 Å². The Kier molecular flexibility index (Phi) is 3.09. The number of aliphatic hydroxyl groups is 1. The predicted molar refractivity (Wildman–Crippen MR) is 62.8 cm³/mol. The number of thiophene rings is 1. The van der Waals surface area contributed by atoms with Crippen LogP contribution in [0.25, 0.3) is 0 Å². The molecule has 1 aromatic rings. The van der Waals surface area contributed by atoms with Crippen molar-refractivity contribution in [2.45, 2.75) is 43.2 Å². The number of hydrogen-bond donors (Lipinski definition) is 2. The predicted octanol–water partition coefficient (Wildman–Crippen LogP) is 1.46. The normalized spacial score (nSPS) is 19.4. The molecule has 1 fully saturated rings. The van der Waals surface area contributed by atoms with Crippen molar-refractivity contribution in [2.24, 2.45) is 0 Å². The van der Waals surface area contributed by atoms with Gasteiger partial charge in [0.15, 0.2) is 0 Å². The van der Waals surface area contributed by atoms with E-state index >= 15 is 0 Å². The molecule has 0 aliphatic heterocycles. The zero-order chi connectivity index (χ0) is 11.8. The first-order valence-electron chi connectivity index (χ1n) is 5.18. The van der Waals surface area contributed by atoms with Crippen LogP contribution < -0.4 is 4.72 Å². The van der Waals surface area contributed by atoms with Gasteiger partial charge in [0, 0.05) is 10.4 Å². The van der Waals surface area contributed by atoms with Crippen LogP contribution in [0.5, 0.6) is 0 Å². The number of hydrogen-bond acceptors (Lipinski definition) is 4. The second-order valence-corrected chi connectivity index (χ2v) is 7.04. The molecule has 0 amide bonds. The van der Waals surface area contributed by atoms with E-state index in [2.05, 4.69) is 4.72 Å². The van der Waals surface area contributed by atoms with Crippen molar-refractivity contribution in [1.29, 1.82) is 0 Å². The minimum atomic E-state index is -3.48. The van der Waals surface area contributed by atoms with Crippen LogP contribution >= 0.6 is 11.3 Å². The highest BCUT2D eigenvalue weighted by atomic mass is 32.2. The number of nitrogens with one attached hydrogen (secondary N) is 1. The van der Waals surface area contributed by atoms with Gasteiger partial charge in [-0.3, -0.25) is 0 Å². The fraction of sp³-hybridized carbons (Fsp3) is 0.600. The maximum absolute atomic E-state index is 12.1. The summed E-state index contributed by atoms with van der Waals surface area (Å²) < 4.78 is 26.8. The Morgan fingerprint density at radius 2 is 2.25 bits per heavy atom. The monoisotopic (exact) mass is 261 g/mol. The van der Waals surface area contributed by atoms with Gasteiger partial charge in [0.1, 0.15) is 0 Å². The SMILES string of the molecule is CC1(NS(=O)(=O)c2ccsc2CO)CCC1. The van der Waals surface area contributed by atoms with Gasteiger partial charge in [-0.25, -0.2) is 13.1 Å². The van der Waals surface area contributed by atoms with Crippen LogP contribution in [0.1, 0.15) is 31.1 Å². The molecule has 0 spiro atoms. The third-order valence-corrected chi connectivity index (χ3v) is 5.73. The zero-order valence-electron chi connectivity index (χ0n) is 9.06. The molecule has 0 bridgehead atoms. The lowest BCUT2D eigenvalue weighted by Crippen LogP contribution is -2.50. The largest absolute Gasteiger partial charge is 0.391 e. The van der Waals surface area contributed by atoms with Gasteiger partial charge in [0.25, 0.3) is 0 Å². The molecular weight excluding hydrogens is 246 g/mol. The van der Waals surface area contributed by atoms with Crippen LogP contribution in [-0.4, -0.2) is 19.1 Å². The van der Waals surface area contributed by atoms with Crippen LogP contribution in [0.15, 0.2) is 16.3 Å². The van der Waals surface area contributed by atoms with Gasteiger partial charge in [-0.15, -0.1) is 11.3 Å². The molecule has 0 unspecified atom stereocenters. The Morgan fingerprint density at radius 3 is 2.75 bits per heavy atom. The summed E-state index contributed by atoms with van der Waals surface area (Å²) in [7, 11) is -3.48. The molecule has 4 nitrogen and oxygen atoms in total. The summed E-state index contributed by atoms with van der Waals surface area (Å²) in [5.74, 6) is 0. The van der Waals surface area contributed by atoms with Crippen LogP contribution in [0.2, 0.25) is 0 Å². The third-order valence-electron chi connectivity index (χ3n) is 2.98. The highest BCUT2D eigenvalue weighted by Gasteiger charge is 2.36. The summed E-state index contributed by atoms with van der Waals surface area (Å²) in [5.41, 5.74) is -0.298. The van der Waals surface area contributed by atoms with E-state index in [0.717, 1.165) is 19.3 Å². The minimum absolute atomic E-state index is 0.216. The van der Waals surface area contributed by atoms with Crippen molar-refractivity contribution in [3.05, 3.63) is 16.3 Å².